The minimum Gasteiger partial charge on any atom is -0.390 e. The molecular weight excluding hydrogens is 308 g/mol. The highest BCUT2D eigenvalue weighted by molar-refractivity contribution is 5.84. The van der Waals surface area contributed by atoms with Gasteiger partial charge in [-0.15, -0.1) is 0 Å². The maximum absolute atomic E-state index is 10.8. The Bertz CT molecular complexity index is 916. The van der Waals surface area contributed by atoms with Gasteiger partial charge in [0.15, 0.2) is 5.41 Å². The van der Waals surface area contributed by atoms with Crippen LogP contribution in [0.25, 0.3) is 5.57 Å². The van der Waals surface area contributed by atoms with Gasteiger partial charge in [0.05, 0.1) is 18.2 Å². The van der Waals surface area contributed by atoms with Crippen LogP contribution in [0.5, 0.6) is 0 Å². The van der Waals surface area contributed by atoms with Crippen LogP contribution in [-0.2, 0) is 6.42 Å². The Kier molecular flexibility index (Phi) is 3.68. The van der Waals surface area contributed by atoms with Crippen LogP contribution in [0.1, 0.15) is 35.4 Å². The summed E-state index contributed by atoms with van der Waals surface area (Å²) in [5.74, 6) is 0.0504. The van der Waals surface area contributed by atoms with Crippen molar-refractivity contribution < 1.29 is 5.11 Å². The Hall–Kier alpha value is -2.88. The topological polar surface area (TPSA) is 67.8 Å². The van der Waals surface area contributed by atoms with Gasteiger partial charge in [-0.25, -0.2) is 0 Å². The molecule has 0 unspecified atom stereocenters. The van der Waals surface area contributed by atoms with Crippen molar-refractivity contribution in [3.05, 3.63) is 76.9 Å². The number of allylic oxidation sites excluding steroid dienone is 1. The van der Waals surface area contributed by atoms with Crippen LogP contribution in [0.15, 0.2) is 60.2 Å². The summed E-state index contributed by atoms with van der Waals surface area (Å²) in [5.41, 5.74) is 3.63. The molecule has 0 spiro atoms. The number of aryl methyl sites for hydroxylation is 1. The maximum atomic E-state index is 10.8. The van der Waals surface area contributed by atoms with E-state index in [0.29, 0.717) is 6.42 Å². The fourth-order valence-electron chi connectivity index (χ4n) is 4.38. The van der Waals surface area contributed by atoms with Gasteiger partial charge < -0.3 is 5.11 Å². The van der Waals surface area contributed by atoms with E-state index in [9.17, 15) is 15.6 Å². The third kappa shape index (κ3) is 2.21. The highest BCUT2D eigenvalue weighted by atomic mass is 16.3. The van der Waals surface area contributed by atoms with Crippen molar-refractivity contribution in [2.45, 2.75) is 31.3 Å². The van der Waals surface area contributed by atoms with Crippen LogP contribution in [0.2, 0.25) is 0 Å². The summed E-state index contributed by atoms with van der Waals surface area (Å²) in [6.45, 7) is 0. The van der Waals surface area contributed by atoms with Crippen molar-refractivity contribution in [1.29, 1.82) is 10.5 Å². The highest BCUT2D eigenvalue weighted by Gasteiger charge is 2.51. The van der Waals surface area contributed by atoms with Crippen LogP contribution in [-0.4, -0.2) is 11.2 Å². The Morgan fingerprint density at radius 2 is 1.60 bits per heavy atom. The van der Waals surface area contributed by atoms with E-state index in [-0.39, 0.29) is 5.92 Å². The number of aliphatic hydroxyl groups is 1. The zero-order valence-corrected chi connectivity index (χ0v) is 13.8. The fourth-order valence-corrected chi connectivity index (χ4v) is 4.38. The van der Waals surface area contributed by atoms with E-state index in [2.05, 4.69) is 30.3 Å². The van der Waals surface area contributed by atoms with Gasteiger partial charge in [0.2, 0.25) is 0 Å². The first-order valence-corrected chi connectivity index (χ1v) is 8.58. The Morgan fingerprint density at radius 1 is 0.920 bits per heavy atom. The molecule has 2 aromatic rings. The molecular formula is C22H18N2O. The standard InChI is InChI=1S/C22H18N2O/c23-13-22(14-24)20(25)12-19(15-6-2-1-3-7-15)18-11-10-16-8-4-5-9-17(16)21(18)22/h1-9,19-20,25H,10-12H2/t19-,20-/m1/s1. The molecule has 0 saturated carbocycles. The Labute approximate surface area is 147 Å². The number of benzene rings is 2. The summed E-state index contributed by atoms with van der Waals surface area (Å²) in [4.78, 5) is 0. The van der Waals surface area contributed by atoms with Gasteiger partial charge in [-0.05, 0) is 41.5 Å². The van der Waals surface area contributed by atoms with Crippen LogP contribution in [0.4, 0.5) is 0 Å². The minimum atomic E-state index is -1.49. The van der Waals surface area contributed by atoms with Crippen LogP contribution in [0.3, 0.4) is 0 Å². The van der Waals surface area contributed by atoms with Gasteiger partial charge in [-0.1, -0.05) is 60.2 Å². The first-order valence-electron chi connectivity index (χ1n) is 8.58. The largest absolute Gasteiger partial charge is 0.390 e. The van der Waals surface area contributed by atoms with E-state index in [4.69, 9.17) is 0 Å². The van der Waals surface area contributed by atoms with Gasteiger partial charge in [0, 0.05) is 5.92 Å². The van der Waals surface area contributed by atoms with Gasteiger partial charge >= 0.3 is 0 Å². The number of rotatable bonds is 1. The lowest BCUT2D eigenvalue weighted by Crippen LogP contribution is -2.41. The summed E-state index contributed by atoms with van der Waals surface area (Å²) in [7, 11) is 0. The SMILES string of the molecule is N#CC1(C#N)C2=C(CCc3ccccc32)[C@@H](c2ccccc2)C[C@H]1O. The number of nitrogens with zero attached hydrogens (tertiary/aromatic N) is 2. The van der Waals surface area contributed by atoms with Gasteiger partial charge in [-0.3, -0.25) is 0 Å². The zero-order valence-electron chi connectivity index (χ0n) is 13.8. The van der Waals surface area contributed by atoms with Crippen LogP contribution in [0, 0.1) is 28.1 Å². The molecule has 1 N–H and O–H groups in total. The van der Waals surface area contributed by atoms with Crippen LogP contribution < -0.4 is 0 Å². The summed E-state index contributed by atoms with van der Waals surface area (Å²) in [6, 6.07) is 22.4. The molecule has 0 aromatic heterocycles. The number of hydrogen-bond donors (Lipinski definition) is 1. The van der Waals surface area contributed by atoms with Gasteiger partial charge in [-0.2, -0.15) is 10.5 Å². The van der Waals surface area contributed by atoms with Crippen molar-refractivity contribution >= 4 is 5.57 Å². The molecule has 2 atom stereocenters. The zero-order chi connectivity index (χ0) is 17.4. The second-order valence-corrected chi connectivity index (χ2v) is 6.80. The maximum Gasteiger partial charge on any atom is 0.194 e. The third-order valence-corrected chi connectivity index (χ3v) is 5.60. The molecule has 0 saturated heterocycles. The second-order valence-electron chi connectivity index (χ2n) is 6.80. The molecule has 2 aliphatic rings. The van der Waals surface area contributed by atoms with Crippen LogP contribution >= 0.6 is 0 Å². The van der Waals surface area contributed by atoms with E-state index in [1.807, 2.05) is 36.4 Å². The van der Waals surface area contributed by atoms with E-state index in [1.54, 1.807) is 0 Å². The van der Waals surface area contributed by atoms with Crippen molar-refractivity contribution in [2.75, 3.05) is 0 Å². The normalized spacial score (nSPS) is 23.8. The Morgan fingerprint density at radius 3 is 2.32 bits per heavy atom. The number of hydrogen-bond acceptors (Lipinski definition) is 3. The van der Waals surface area contributed by atoms with E-state index in [1.165, 1.54) is 0 Å². The third-order valence-electron chi connectivity index (χ3n) is 5.60. The van der Waals surface area contributed by atoms with Crippen molar-refractivity contribution in [3.8, 4) is 12.1 Å². The molecule has 0 radical (unpaired) electrons. The molecule has 0 aliphatic heterocycles. The van der Waals surface area contributed by atoms with E-state index in [0.717, 1.165) is 40.7 Å². The monoisotopic (exact) mass is 326 g/mol. The fraction of sp³-hybridized carbons (Fsp3) is 0.273. The average Bonchev–Trinajstić information content (AvgIpc) is 2.68. The summed E-state index contributed by atoms with van der Waals surface area (Å²) in [5, 5.41) is 30.6. The summed E-state index contributed by atoms with van der Waals surface area (Å²) >= 11 is 0. The van der Waals surface area contributed by atoms with Gasteiger partial charge in [0.1, 0.15) is 0 Å². The predicted molar refractivity (Wildman–Crippen MR) is 95.1 cm³/mol. The molecule has 4 rings (SSSR count). The molecule has 2 aliphatic carbocycles. The molecule has 25 heavy (non-hydrogen) atoms. The minimum absolute atomic E-state index is 0.0504. The first-order chi connectivity index (χ1) is 12.2. The van der Waals surface area contributed by atoms with Crippen molar-refractivity contribution in [2.24, 2.45) is 5.41 Å². The molecule has 0 fully saturated rings. The lowest BCUT2D eigenvalue weighted by Gasteiger charge is -2.42. The highest BCUT2D eigenvalue weighted by Crippen LogP contribution is 2.54. The van der Waals surface area contributed by atoms with Gasteiger partial charge in [0.25, 0.3) is 0 Å². The molecule has 0 bridgehead atoms. The lowest BCUT2D eigenvalue weighted by atomic mass is 9.60. The summed E-state index contributed by atoms with van der Waals surface area (Å²) < 4.78 is 0. The number of fused-ring (bicyclic) bond motifs is 2. The molecule has 0 heterocycles. The average molecular weight is 326 g/mol. The predicted octanol–water partition coefficient (Wildman–Crippen LogP) is 3.97. The Balaban J connectivity index is 2.01. The lowest BCUT2D eigenvalue weighted by molar-refractivity contribution is 0.104. The second kappa shape index (κ2) is 5.88. The molecule has 122 valence electrons. The molecule has 3 nitrogen and oxygen atoms in total. The number of aliphatic hydroxyl groups excluding tert-OH is 1. The van der Waals surface area contributed by atoms with Crippen molar-refractivity contribution in [1.82, 2.24) is 0 Å². The van der Waals surface area contributed by atoms with Crippen molar-refractivity contribution in [3.63, 3.8) is 0 Å². The van der Waals surface area contributed by atoms with E-state index < -0.39 is 11.5 Å². The molecule has 0 amide bonds. The first kappa shape index (κ1) is 15.6. The molecule has 2 aromatic carbocycles. The summed E-state index contributed by atoms with van der Waals surface area (Å²) in [6.07, 6.45) is 1.13. The molecule has 3 heteroatoms. The van der Waals surface area contributed by atoms with E-state index >= 15 is 0 Å². The number of nitriles is 2. The smallest absolute Gasteiger partial charge is 0.194 e. The quantitative estimate of drug-likeness (QED) is 0.862.